The third-order valence-electron chi connectivity index (χ3n) is 2.39. The number of nitrogens with zero attached hydrogens (tertiary/aromatic N) is 2. The van der Waals surface area contributed by atoms with Crippen molar-refractivity contribution in [1.29, 1.82) is 0 Å². The van der Waals surface area contributed by atoms with E-state index in [1.54, 1.807) is 24.3 Å². The van der Waals surface area contributed by atoms with Gasteiger partial charge in [0.1, 0.15) is 12.6 Å². The van der Waals surface area contributed by atoms with Gasteiger partial charge in [-0.2, -0.15) is 0 Å². The van der Waals surface area contributed by atoms with Gasteiger partial charge >= 0.3 is 15.2 Å². The van der Waals surface area contributed by atoms with Gasteiger partial charge in [-0.3, -0.25) is 9.13 Å². The second-order valence-electron chi connectivity index (χ2n) is 4.23. The van der Waals surface area contributed by atoms with Crippen molar-refractivity contribution in [2.45, 2.75) is 0 Å². The molecule has 20 heavy (non-hydrogen) atoms. The van der Waals surface area contributed by atoms with Gasteiger partial charge in [0, 0.05) is 0 Å². The Bertz CT molecular complexity index is 648. The SMILES string of the molecule is O=P(O)(O)CN(CP(=O)(O)O)c1nc2ccccc2[nH]1. The lowest BCUT2D eigenvalue weighted by molar-refractivity contribution is 0.366. The minimum Gasteiger partial charge on any atom is -0.324 e. The predicted octanol–water partition coefficient (Wildman–Crippen LogP) is 0.640. The maximum atomic E-state index is 11.1. The molecule has 0 aliphatic rings. The summed E-state index contributed by atoms with van der Waals surface area (Å²) in [5.74, 6) is -0.00199. The first-order valence-corrected chi connectivity index (χ1v) is 9.02. The number of H-pyrrole nitrogens is 1. The second kappa shape index (κ2) is 5.29. The van der Waals surface area contributed by atoms with Gasteiger partial charge in [-0.1, -0.05) is 12.1 Å². The highest BCUT2D eigenvalue weighted by Crippen LogP contribution is 2.42. The number of aromatic nitrogens is 2. The third-order valence-corrected chi connectivity index (χ3v) is 3.81. The Morgan fingerprint density at radius 3 is 2.10 bits per heavy atom. The van der Waals surface area contributed by atoms with Crippen LogP contribution >= 0.6 is 15.2 Å². The first-order valence-electron chi connectivity index (χ1n) is 5.43. The van der Waals surface area contributed by atoms with E-state index in [2.05, 4.69) is 9.97 Å². The fourth-order valence-corrected chi connectivity index (χ4v) is 3.23. The van der Waals surface area contributed by atoms with E-state index >= 15 is 0 Å². The average Bonchev–Trinajstić information content (AvgIpc) is 2.67. The van der Waals surface area contributed by atoms with Gasteiger partial charge in [0.05, 0.1) is 11.0 Å². The predicted molar refractivity (Wildman–Crippen MR) is 72.4 cm³/mol. The lowest BCUT2D eigenvalue weighted by atomic mass is 10.3. The molecule has 110 valence electrons. The molecular formula is C9H13N3O6P2. The van der Waals surface area contributed by atoms with Crippen LogP contribution in [0.15, 0.2) is 24.3 Å². The molecule has 0 bridgehead atoms. The summed E-state index contributed by atoms with van der Waals surface area (Å²) < 4.78 is 22.1. The van der Waals surface area contributed by atoms with Crippen LogP contribution in [0.25, 0.3) is 11.0 Å². The number of hydrogen-bond acceptors (Lipinski definition) is 4. The van der Waals surface area contributed by atoms with Gasteiger partial charge in [0.25, 0.3) is 0 Å². The number of para-hydroxylation sites is 2. The number of nitrogens with one attached hydrogen (secondary N) is 1. The van der Waals surface area contributed by atoms with Crippen molar-refractivity contribution in [2.24, 2.45) is 0 Å². The largest absolute Gasteiger partial charge is 0.344 e. The Balaban J connectivity index is 2.39. The van der Waals surface area contributed by atoms with Crippen LogP contribution in [-0.4, -0.2) is 42.1 Å². The Morgan fingerprint density at radius 2 is 1.60 bits per heavy atom. The number of imidazole rings is 1. The van der Waals surface area contributed by atoms with E-state index < -0.39 is 27.8 Å². The number of rotatable bonds is 5. The molecule has 0 spiro atoms. The zero-order valence-electron chi connectivity index (χ0n) is 10.1. The minimum absolute atomic E-state index is 0.00199. The topological polar surface area (TPSA) is 147 Å². The summed E-state index contributed by atoms with van der Waals surface area (Å²) in [5, 5.41) is 0. The molecule has 0 unspecified atom stereocenters. The molecule has 0 aliphatic heterocycles. The van der Waals surface area contributed by atoms with E-state index in [0.29, 0.717) is 11.0 Å². The molecule has 5 N–H and O–H groups in total. The maximum Gasteiger partial charge on any atom is 0.344 e. The van der Waals surface area contributed by atoms with E-state index in [1.165, 1.54) is 0 Å². The number of anilines is 1. The fourth-order valence-electron chi connectivity index (χ4n) is 1.71. The number of fused-ring (bicyclic) bond motifs is 1. The van der Waals surface area contributed by atoms with Crippen molar-refractivity contribution in [1.82, 2.24) is 9.97 Å². The first kappa shape index (κ1) is 15.2. The van der Waals surface area contributed by atoms with Crippen LogP contribution in [0.3, 0.4) is 0 Å². The van der Waals surface area contributed by atoms with Crippen molar-refractivity contribution >= 4 is 32.2 Å². The lowest BCUT2D eigenvalue weighted by Crippen LogP contribution is -2.26. The van der Waals surface area contributed by atoms with Gasteiger partial charge in [-0.15, -0.1) is 0 Å². The van der Waals surface area contributed by atoms with Crippen LogP contribution in [0, 0.1) is 0 Å². The van der Waals surface area contributed by atoms with Gasteiger partial charge in [0.2, 0.25) is 5.95 Å². The van der Waals surface area contributed by atoms with Crippen molar-refractivity contribution in [2.75, 3.05) is 17.5 Å². The molecule has 0 amide bonds. The minimum atomic E-state index is -4.49. The molecule has 0 saturated carbocycles. The van der Waals surface area contributed by atoms with E-state index in [4.69, 9.17) is 19.6 Å². The van der Waals surface area contributed by atoms with E-state index in [9.17, 15) is 9.13 Å². The zero-order valence-corrected chi connectivity index (χ0v) is 11.9. The van der Waals surface area contributed by atoms with Crippen LogP contribution in [0.4, 0.5) is 5.95 Å². The third kappa shape index (κ3) is 4.14. The van der Waals surface area contributed by atoms with Gasteiger partial charge in [-0.05, 0) is 12.1 Å². The summed E-state index contributed by atoms with van der Waals surface area (Å²) in [4.78, 5) is 43.7. The molecule has 2 rings (SSSR count). The quantitative estimate of drug-likeness (QED) is 0.504. The highest BCUT2D eigenvalue weighted by atomic mass is 31.2. The molecule has 1 heterocycles. The molecule has 0 atom stereocenters. The zero-order chi connectivity index (χ0) is 15.0. The van der Waals surface area contributed by atoms with Crippen molar-refractivity contribution in [3.63, 3.8) is 0 Å². The Kier molecular flexibility index (Phi) is 4.02. The summed E-state index contributed by atoms with van der Waals surface area (Å²) in [7, 11) is -8.99. The van der Waals surface area contributed by atoms with Crippen LogP contribution in [0.2, 0.25) is 0 Å². The van der Waals surface area contributed by atoms with Crippen LogP contribution < -0.4 is 4.90 Å². The van der Waals surface area contributed by atoms with Gasteiger partial charge < -0.3 is 29.5 Å². The molecule has 0 radical (unpaired) electrons. The molecule has 1 aromatic heterocycles. The summed E-state index contributed by atoms with van der Waals surface area (Å²) in [6, 6.07) is 6.82. The van der Waals surface area contributed by atoms with Crippen LogP contribution in [0.5, 0.6) is 0 Å². The van der Waals surface area contributed by atoms with Crippen LogP contribution in [-0.2, 0) is 9.13 Å². The van der Waals surface area contributed by atoms with E-state index in [0.717, 1.165) is 4.90 Å². The van der Waals surface area contributed by atoms with Gasteiger partial charge in [-0.25, -0.2) is 4.98 Å². The molecule has 0 fully saturated rings. The Morgan fingerprint density at radius 1 is 1.05 bits per heavy atom. The molecule has 1 aromatic carbocycles. The van der Waals surface area contributed by atoms with Gasteiger partial charge in [0.15, 0.2) is 0 Å². The van der Waals surface area contributed by atoms with E-state index in [-0.39, 0.29) is 5.95 Å². The Hall–Kier alpha value is -1.21. The first-order chi connectivity index (χ1) is 9.14. The molecule has 0 aliphatic carbocycles. The smallest absolute Gasteiger partial charge is 0.324 e. The van der Waals surface area contributed by atoms with Crippen LogP contribution in [0.1, 0.15) is 0 Å². The highest BCUT2D eigenvalue weighted by Gasteiger charge is 2.27. The molecule has 9 nitrogen and oxygen atoms in total. The molecular weight excluding hydrogens is 308 g/mol. The fraction of sp³-hybridized carbons (Fsp3) is 0.222. The second-order valence-corrected chi connectivity index (χ2v) is 7.45. The Labute approximate surface area is 113 Å². The highest BCUT2D eigenvalue weighted by molar-refractivity contribution is 7.53. The molecule has 0 saturated heterocycles. The van der Waals surface area contributed by atoms with Crippen molar-refractivity contribution in [3.8, 4) is 0 Å². The monoisotopic (exact) mass is 321 g/mol. The lowest BCUT2D eigenvalue weighted by Gasteiger charge is -2.22. The number of benzene rings is 1. The molecule has 2 aromatic rings. The average molecular weight is 321 g/mol. The van der Waals surface area contributed by atoms with Crippen molar-refractivity contribution < 1.29 is 28.7 Å². The van der Waals surface area contributed by atoms with Crippen molar-refractivity contribution in [3.05, 3.63) is 24.3 Å². The molecule has 11 heteroatoms. The summed E-state index contributed by atoms with van der Waals surface area (Å²) in [6.07, 6.45) is -1.67. The number of hydrogen-bond donors (Lipinski definition) is 5. The summed E-state index contributed by atoms with van der Waals surface area (Å²) >= 11 is 0. The maximum absolute atomic E-state index is 11.1. The van der Waals surface area contributed by atoms with E-state index in [1.807, 2.05) is 0 Å². The normalized spacial score (nSPS) is 12.8. The standard InChI is InChI=1S/C9H13N3O6P2/c13-19(14,15)5-12(6-20(16,17)18)9-10-7-3-1-2-4-8(7)11-9/h1-4H,5-6H2,(H,10,11)(H2,13,14,15)(H2,16,17,18). The summed E-state index contributed by atoms with van der Waals surface area (Å²) in [5.41, 5.74) is 1.13. The number of aromatic amines is 1. The summed E-state index contributed by atoms with van der Waals surface area (Å²) in [6.45, 7) is 0.